The monoisotopic (exact) mass is 394 g/mol. The zero-order chi connectivity index (χ0) is 17.1. The minimum Gasteiger partial charge on any atom is -0.462 e. The summed E-state index contributed by atoms with van der Waals surface area (Å²) in [5.74, 6) is -0.995. The Hall–Kier alpha value is -2.28. The van der Waals surface area contributed by atoms with Crippen LogP contribution >= 0.6 is 15.9 Å². The minimum atomic E-state index is -1.51. The summed E-state index contributed by atoms with van der Waals surface area (Å²) in [6, 6.07) is 11.5. The van der Waals surface area contributed by atoms with Gasteiger partial charge in [0.2, 0.25) is 0 Å². The molecular weight excluding hydrogens is 382 g/mol. The van der Waals surface area contributed by atoms with Crippen molar-refractivity contribution in [1.82, 2.24) is 5.32 Å². The Labute approximate surface area is 145 Å². The van der Waals surface area contributed by atoms with Crippen LogP contribution in [0.4, 0.5) is 8.78 Å². The zero-order valence-electron chi connectivity index (χ0n) is 12.4. The van der Waals surface area contributed by atoms with Gasteiger partial charge in [-0.2, -0.15) is 0 Å². The van der Waals surface area contributed by atoms with Crippen molar-refractivity contribution in [2.24, 2.45) is 4.99 Å². The lowest BCUT2D eigenvalue weighted by Gasteiger charge is -2.25. The lowest BCUT2D eigenvalue weighted by Crippen LogP contribution is -2.39. The van der Waals surface area contributed by atoms with Crippen LogP contribution in [0, 0.1) is 5.82 Å². The van der Waals surface area contributed by atoms with Crippen LogP contribution in [0.15, 0.2) is 58.0 Å². The third-order valence-electron chi connectivity index (χ3n) is 3.51. The number of halogens is 3. The van der Waals surface area contributed by atoms with Crippen LogP contribution in [0.25, 0.3) is 0 Å². The number of aliphatic imine (C=N–C) groups is 1. The molecule has 0 saturated carbocycles. The molecule has 7 heteroatoms. The molecule has 0 fully saturated rings. The molecule has 2 atom stereocenters. The molecule has 124 valence electrons. The van der Waals surface area contributed by atoms with Crippen LogP contribution in [-0.2, 0) is 4.74 Å². The number of alkyl halides is 1. The summed E-state index contributed by atoms with van der Waals surface area (Å²) in [5, 5.41) is 2.48. The van der Waals surface area contributed by atoms with Crippen LogP contribution in [0.3, 0.4) is 0 Å². The first kappa shape index (κ1) is 16.6. The van der Waals surface area contributed by atoms with Crippen molar-refractivity contribution in [3.8, 4) is 0 Å². The predicted octanol–water partition coefficient (Wildman–Crippen LogP) is 3.78. The van der Waals surface area contributed by atoms with Crippen molar-refractivity contribution < 1.29 is 18.3 Å². The van der Waals surface area contributed by atoms with E-state index in [9.17, 15) is 13.6 Å². The van der Waals surface area contributed by atoms with Gasteiger partial charge in [0, 0.05) is 15.6 Å². The molecule has 0 radical (unpaired) electrons. The van der Waals surface area contributed by atoms with Crippen LogP contribution in [0.2, 0.25) is 0 Å². The number of carbonyl (C=O) groups is 1. The molecule has 0 spiro atoms. The van der Waals surface area contributed by atoms with Gasteiger partial charge in [-0.15, -0.1) is 0 Å². The second-order valence-corrected chi connectivity index (χ2v) is 6.11. The maximum absolute atomic E-state index is 14.2. The molecule has 1 aliphatic rings. The van der Waals surface area contributed by atoms with E-state index >= 15 is 0 Å². The molecule has 4 nitrogen and oxygen atoms in total. The van der Waals surface area contributed by atoms with E-state index in [2.05, 4.69) is 26.2 Å². The molecule has 0 bridgehead atoms. The van der Waals surface area contributed by atoms with E-state index in [-0.39, 0.29) is 18.2 Å². The van der Waals surface area contributed by atoms with Crippen molar-refractivity contribution in [3.63, 3.8) is 0 Å². The van der Waals surface area contributed by atoms with E-state index in [0.717, 1.165) is 0 Å². The third-order valence-corrected chi connectivity index (χ3v) is 4.00. The summed E-state index contributed by atoms with van der Waals surface area (Å²) in [5.41, 5.74) is 0.517. The van der Waals surface area contributed by atoms with Crippen molar-refractivity contribution in [3.05, 3.63) is 69.9 Å². The summed E-state index contributed by atoms with van der Waals surface area (Å²) < 4.78 is 33.9. The summed E-state index contributed by atoms with van der Waals surface area (Å²) in [4.78, 5) is 16.1. The molecular formula is C17H13BrF2N2O2. The molecule has 1 N–H and O–H groups in total. The molecule has 3 rings (SSSR count). The molecule has 1 unspecified atom stereocenters. The molecule has 2 aromatic rings. The molecule has 24 heavy (non-hydrogen) atoms. The van der Waals surface area contributed by atoms with Gasteiger partial charge in [-0.05, 0) is 30.3 Å². The molecule has 2 aromatic carbocycles. The van der Waals surface area contributed by atoms with Gasteiger partial charge in [0.1, 0.15) is 18.5 Å². The van der Waals surface area contributed by atoms with Crippen LogP contribution in [0.1, 0.15) is 22.0 Å². The SMILES string of the molecule is O=C(NC1=NC(c2cc(Br)ccc2F)[C@@H](F)CO1)c1ccccc1. The number of amides is 1. The fraction of sp³-hybridized carbons (Fsp3) is 0.176. The number of amidine groups is 1. The second kappa shape index (κ2) is 7.09. The normalized spacial score (nSPS) is 20.0. The first-order valence-electron chi connectivity index (χ1n) is 7.20. The summed E-state index contributed by atoms with van der Waals surface area (Å²) in [6.07, 6.45) is -1.51. The van der Waals surface area contributed by atoms with Crippen molar-refractivity contribution in [1.29, 1.82) is 0 Å². The van der Waals surface area contributed by atoms with E-state index in [0.29, 0.717) is 10.0 Å². The Morgan fingerprint density at radius 1 is 1.25 bits per heavy atom. The van der Waals surface area contributed by atoms with Crippen molar-refractivity contribution in [2.75, 3.05) is 6.61 Å². The first-order chi connectivity index (χ1) is 11.5. The lowest BCUT2D eigenvalue weighted by molar-refractivity contribution is 0.0938. The van der Waals surface area contributed by atoms with Crippen molar-refractivity contribution >= 4 is 27.9 Å². The van der Waals surface area contributed by atoms with Gasteiger partial charge in [-0.3, -0.25) is 10.1 Å². The quantitative estimate of drug-likeness (QED) is 0.842. The van der Waals surface area contributed by atoms with E-state index in [1.165, 1.54) is 18.2 Å². The Kier molecular flexibility index (Phi) is 4.89. The van der Waals surface area contributed by atoms with E-state index in [1.54, 1.807) is 30.3 Å². The van der Waals surface area contributed by atoms with Crippen LogP contribution in [-0.4, -0.2) is 24.7 Å². The predicted molar refractivity (Wildman–Crippen MR) is 89.0 cm³/mol. The van der Waals surface area contributed by atoms with Crippen LogP contribution < -0.4 is 5.32 Å². The smallest absolute Gasteiger partial charge is 0.292 e. The highest BCUT2D eigenvalue weighted by Gasteiger charge is 2.31. The number of ether oxygens (including phenoxy) is 1. The van der Waals surface area contributed by atoms with Gasteiger partial charge < -0.3 is 4.74 Å². The average molecular weight is 395 g/mol. The van der Waals surface area contributed by atoms with Gasteiger partial charge >= 0.3 is 0 Å². The largest absolute Gasteiger partial charge is 0.462 e. The Balaban J connectivity index is 1.84. The lowest BCUT2D eigenvalue weighted by atomic mass is 10.0. The molecule has 1 aliphatic heterocycles. The highest BCUT2D eigenvalue weighted by molar-refractivity contribution is 9.10. The number of hydrogen-bond acceptors (Lipinski definition) is 3. The standard InChI is InChI=1S/C17H13BrF2N2O2/c18-11-6-7-13(19)12(8-11)15-14(20)9-24-17(21-15)22-16(23)10-4-2-1-3-5-10/h1-8,14-15H,9H2,(H,21,22,23)/t14-,15?/m0/s1. The maximum atomic E-state index is 14.2. The van der Waals surface area contributed by atoms with Gasteiger partial charge in [-0.25, -0.2) is 13.8 Å². The highest BCUT2D eigenvalue weighted by Crippen LogP contribution is 2.31. The second-order valence-electron chi connectivity index (χ2n) is 5.19. The van der Waals surface area contributed by atoms with Gasteiger partial charge in [0.05, 0.1) is 0 Å². The fourth-order valence-corrected chi connectivity index (χ4v) is 2.71. The number of benzene rings is 2. The van der Waals surface area contributed by atoms with E-state index in [4.69, 9.17) is 4.74 Å². The van der Waals surface area contributed by atoms with Gasteiger partial charge in [-0.1, -0.05) is 34.1 Å². The number of nitrogens with zero attached hydrogens (tertiary/aromatic N) is 1. The number of rotatable bonds is 2. The Morgan fingerprint density at radius 3 is 2.75 bits per heavy atom. The molecule has 1 heterocycles. The Morgan fingerprint density at radius 2 is 2.00 bits per heavy atom. The molecule has 0 aliphatic carbocycles. The zero-order valence-corrected chi connectivity index (χ0v) is 14.0. The highest BCUT2D eigenvalue weighted by atomic mass is 79.9. The summed E-state index contributed by atoms with van der Waals surface area (Å²) >= 11 is 3.23. The van der Waals surface area contributed by atoms with Gasteiger partial charge in [0.25, 0.3) is 11.9 Å². The summed E-state index contributed by atoms with van der Waals surface area (Å²) in [7, 11) is 0. The molecule has 1 amide bonds. The van der Waals surface area contributed by atoms with Crippen molar-refractivity contribution in [2.45, 2.75) is 12.2 Å². The molecule has 0 aromatic heterocycles. The van der Waals surface area contributed by atoms with Gasteiger partial charge in [0.15, 0.2) is 6.17 Å². The van der Waals surface area contributed by atoms with Crippen LogP contribution in [0.5, 0.6) is 0 Å². The van der Waals surface area contributed by atoms with E-state index < -0.39 is 23.9 Å². The fourth-order valence-electron chi connectivity index (χ4n) is 2.33. The Bertz CT molecular complexity index is 783. The number of nitrogens with one attached hydrogen (secondary N) is 1. The topological polar surface area (TPSA) is 50.7 Å². The van der Waals surface area contributed by atoms with E-state index in [1.807, 2.05) is 0 Å². The minimum absolute atomic E-state index is 0.103. The maximum Gasteiger partial charge on any atom is 0.292 e. The first-order valence-corrected chi connectivity index (χ1v) is 8.00. The molecule has 0 saturated heterocycles. The number of carbonyl (C=O) groups excluding carboxylic acids is 1. The average Bonchev–Trinajstić information content (AvgIpc) is 2.59. The third kappa shape index (κ3) is 3.62. The summed E-state index contributed by atoms with van der Waals surface area (Å²) in [6.45, 7) is -0.315. The number of hydrogen-bond donors (Lipinski definition) is 1.